The number of ether oxygens (including phenoxy) is 1. The highest BCUT2D eigenvalue weighted by Crippen LogP contribution is 2.32. The molecule has 3 aromatic rings. The molecule has 0 aliphatic carbocycles. The third-order valence-corrected chi connectivity index (χ3v) is 4.18. The van der Waals surface area contributed by atoms with Gasteiger partial charge in [-0.25, -0.2) is 4.79 Å². The van der Waals surface area contributed by atoms with Crippen molar-refractivity contribution in [3.8, 4) is 0 Å². The Morgan fingerprint density at radius 1 is 0.875 bits per heavy atom. The minimum atomic E-state index is -0.307. The highest BCUT2D eigenvalue weighted by Gasteiger charge is 2.23. The van der Waals surface area contributed by atoms with Gasteiger partial charge in [0.2, 0.25) is 0 Å². The number of carbonyl (C=O) groups is 1. The Morgan fingerprint density at radius 2 is 1.62 bits per heavy atom. The molecule has 0 saturated heterocycles. The van der Waals surface area contributed by atoms with E-state index in [0.717, 1.165) is 21.9 Å². The lowest BCUT2D eigenvalue weighted by atomic mass is 10.0. The molecule has 0 bridgehead atoms. The van der Waals surface area contributed by atoms with Gasteiger partial charge in [-0.1, -0.05) is 72.3 Å². The zero-order valence-corrected chi connectivity index (χ0v) is 13.3. The molecule has 0 amide bonds. The fraction of sp³-hybridized carbons (Fsp3) is 0.0455. The van der Waals surface area contributed by atoms with Crippen LogP contribution in [0.3, 0.4) is 0 Å². The van der Waals surface area contributed by atoms with Crippen molar-refractivity contribution in [2.45, 2.75) is 6.92 Å². The Kier molecular flexibility index (Phi) is 3.51. The lowest BCUT2D eigenvalue weighted by Gasteiger charge is -2.06. The molecule has 3 aromatic carbocycles. The molecule has 24 heavy (non-hydrogen) atoms. The van der Waals surface area contributed by atoms with E-state index in [2.05, 4.69) is 12.1 Å². The van der Waals surface area contributed by atoms with Crippen LogP contribution < -0.4 is 0 Å². The molecule has 0 spiro atoms. The summed E-state index contributed by atoms with van der Waals surface area (Å²) in [6.45, 7) is 2.04. The first-order valence-electron chi connectivity index (χ1n) is 7.91. The highest BCUT2D eigenvalue weighted by atomic mass is 16.5. The summed E-state index contributed by atoms with van der Waals surface area (Å²) in [5, 5.41) is 2.21. The zero-order chi connectivity index (χ0) is 16.5. The van der Waals surface area contributed by atoms with Crippen LogP contribution >= 0.6 is 0 Å². The van der Waals surface area contributed by atoms with Crippen LogP contribution in [0.4, 0.5) is 0 Å². The van der Waals surface area contributed by atoms with E-state index in [-0.39, 0.29) is 5.97 Å². The molecule has 1 aliphatic rings. The van der Waals surface area contributed by atoms with Crippen LogP contribution in [-0.2, 0) is 9.53 Å². The summed E-state index contributed by atoms with van der Waals surface area (Å²) in [4.78, 5) is 12.2. The molecule has 0 N–H and O–H groups in total. The van der Waals surface area contributed by atoms with E-state index in [0.29, 0.717) is 11.3 Å². The minimum absolute atomic E-state index is 0.307. The number of carbonyl (C=O) groups excluding carboxylic acids is 1. The van der Waals surface area contributed by atoms with Gasteiger partial charge in [0, 0.05) is 5.56 Å². The van der Waals surface area contributed by atoms with E-state index < -0.39 is 0 Å². The summed E-state index contributed by atoms with van der Waals surface area (Å²) in [6, 6.07) is 22.2. The quantitative estimate of drug-likeness (QED) is 0.484. The van der Waals surface area contributed by atoms with Crippen LogP contribution in [0, 0.1) is 6.92 Å². The fourth-order valence-corrected chi connectivity index (χ4v) is 2.90. The van der Waals surface area contributed by atoms with Crippen LogP contribution in [0.1, 0.15) is 16.7 Å². The average Bonchev–Trinajstić information content (AvgIpc) is 2.97. The van der Waals surface area contributed by atoms with E-state index in [1.54, 1.807) is 0 Å². The van der Waals surface area contributed by atoms with Crippen LogP contribution in [0.15, 0.2) is 78.4 Å². The molecule has 0 aromatic heterocycles. The number of fused-ring (bicyclic) bond motifs is 1. The molecule has 0 fully saturated rings. The molecule has 0 saturated carbocycles. The maximum absolute atomic E-state index is 12.2. The van der Waals surface area contributed by atoms with Crippen LogP contribution in [0.5, 0.6) is 0 Å². The first-order valence-corrected chi connectivity index (χ1v) is 7.91. The normalized spacial score (nSPS) is 15.6. The number of rotatable bonds is 2. The van der Waals surface area contributed by atoms with E-state index in [1.165, 1.54) is 5.56 Å². The number of aryl methyl sites for hydroxylation is 1. The summed E-state index contributed by atoms with van der Waals surface area (Å²) in [6.07, 6.45) is 3.68. The minimum Gasteiger partial charge on any atom is -0.422 e. The number of hydrogen-bond acceptors (Lipinski definition) is 2. The number of cyclic esters (lactones) is 1. The molecule has 0 radical (unpaired) electrons. The molecule has 4 rings (SSSR count). The smallest absolute Gasteiger partial charge is 0.343 e. The first kappa shape index (κ1) is 14.5. The number of esters is 1. The monoisotopic (exact) mass is 312 g/mol. The second-order valence-corrected chi connectivity index (χ2v) is 5.94. The van der Waals surface area contributed by atoms with Gasteiger partial charge < -0.3 is 4.74 Å². The standard InChI is InChI=1S/C22H16O2/c1-15-9-11-16(12-10-15)13-18-14-21(24-22(18)23)20-8-4-6-17-5-2-3-7-19(17)20/h2-14H,1H3/b18-13-. The van der Waals surface area contributed by atoms with Gasteiger partial charge in [-0.15, -0.1) is 0 Å². The van der Waals surface area contributed by atoms with Crippen LogP contribution in [0.2, 0.25) is 0 Å². The Balaban J connectivity index is 1.77. The fourth-order valence-electron chi connectivity index (χ4n) is 2.90. The lowest BCUT2D eigenvalue weighted by Crippen LogP contribution is -1.97. The molecule has 2 heteroatoms. The van der Waals surface area contributed by atoms with Crippen molar-refractivity contribution < 1.29 is 9.53 Å². The van der Waals surface area contributed by atoms with Gasteiger partial charge in [0.1, 0.15) is 5.76 Å². The Hall–Kier alpha value is -3.13. The molecule has 1 heterocycles. The third-order valence-electron chi connectivity index (χ3n) is 4.18. The molecular weight excluding hydrogens is 296 g/mol. The van der Waals surface area contributed by atoms with Crippen LogP contribution in [0.25, 0.3) is 22.6 Å². The summed E-state index contributed by atoms with van der Waals surface area (Å²) < 4.78 is 5.52. The summed E-state index contributed by atoms with van der Waals surface area (Å²) >= 11 is 0. The molecule has 116 valence electrons. The van der Waals surface area contributed by atoms with Gasteiger partial charge in [0.25, 0.3) is 0 Å². The largest absolute Gasteiger partial charge is 0.422 e. The summed E-state index contributed by atoms with van der Waals surface area (Å²) in [5.74, 6) is 0.300. The van der Waals surface area contributed by atoms with Gasteiger partial charge in [-0.3, -0.25) is 0 Å². The molecule has 0 atom stereocenters. The molecule has 1 aliphatic heterocycles. The second kappa shape index (κ2) is 5.82. The van der Waals surface area contributed by atoms with Crippen molar-refractivity contribution in [3.63, 3.8) is 0 Å². The molecular formula is C22H16O2. The number of hydrogen-bond donors (Lipinski definition) is 0. The predicted octanol–water partition coefficient (Wildman–Crippen LogP) is 5.13. The lowest BCUT2D eigenvalue weighted by molar-refractivity contribution is -0.130. The molecule has 2 nitrogen and oxygen atoms in total. The zero-order valence-electron chi connectivity index (χ0n) is 13.3. The predicted molar refractivity (Wildman–Crippen MR) is 97.2 cm³/mol. The van der Waals surface area contributed by atoms with Crippen molar-refractivity contribution in [3.05, 3.63) is 95.1 Å². The van der Waals surface area contributed by atoms with Crippen molar-refractivity contribution in [2.24, 2.45) is 0 Å². The van der Waals surface area contributed by atoms with Gasteiger partial charge in [-0.2, -0.15) is 0 Å². The topological polar surface area (TPSA) is 26.3 Å². The number of benzene rings is 3. The second-order valence-electron chi connectivity index (χ2n) is 5.94. The van der Waals surface area contributed by atoms with Gasteiger partial charge in [0.05, 0.1) is 5.57 Å². The van der Waals surface area contributed by atoms with E-state index >= 15 is 0 Å². The highest BCUT2D eigenvalue weighted by molar-refractivity contribution is 6.07. The van der Waals surface area contributed by atoms with Crippen LogP contribution in [-0.4, -0.2) is 5.97 Å². The summed E-state index contributed by atoms with van der Waals surface area (Å²) in [7, 11) is 0. The first-order chi connectivity index (χ1) is 11.7. The summed E-state index contributed by atoms with van der Waals surface area (Å²) in [5.41, 5.74) is 3.69. The van der Waals surface area contributed by atoms with Gasteiger partial charge in [0.15, 0.2) is 0 Å². The SMILES string of the molecule is Cc1ccc(/C=C2/C=C(c3cccc4ccccc34)OC2=O)cc1. The Labute approximate surface area is 140 Å². The van der Waals surface area contributed by atoms with Crippen molar-refractivity contribution >= 4 is 28.6 Å². The van der Waals surface area contributed by atoms with E-state index in [9.17, 15) is 4.79 Å². The Bertz CT molecular complexity index is 987. The van der Waals surface area contributed by atoms with E-state index in [4.69, 9.17) is 4.74 Å². The Morgan fingerprint density at radius 3 is 2.46 bits per heavy atom. The maximum atomic E-state index is 12.2. The van der Waals surface area contributed by atoms with Gasteiger partial charge >= 0.3 is 5.97 Å². The van der Waals surface area contributed by atoms with Crippen molar-refractivity contribution in [2.75, 3.05) is 0 Å². The average molecular weight is 312 g/mol. The van der Waals surface area contributed by atoms with Crippen molar-refractivity contribution in [1.82, 2.24) is 0 Å². The van der Waals surface area contributed by atoms with Crippen molar-refractivity contribution in [1.29, 1.82) is 0 Å². The molecule has 0 unspecified atom stereocenters. The van der Waals surface area contributed by atoms with E-state index in [1.807, 2.05) is 73.7 Å². The third kappa shape index (κ3) is 2.63. The maximum Gasteiger partial charge on any atom is 0.343 e. The van der Waals surface area contributed by atoms with Gasteiger partial charge in [-0.05, 0) is 35.4 Å².